The van der Waals surface area contributed by atoms with Crippen LogP contribution in [0, 0.1) is 0 Å². The second-order valence-corrected chi connectivity index (χ2v) is 4.66. The second kappa shape index (κ2) is 7.63. The van der Waals surface area contributed by atoms with Crippen molar-refractivity contribution < 1.29 is 4.79 Å². The molecule has 0 aliphatic carbocycles. The number of nitrogens with zero attached hydrogens (tertiary/aromatic N) is 2. The van der Waals surface area contributed by atoms with Gasteiger partial charge < -0.3 is 15.5 Å². The SMILES string of the molecule is CCC(N)CC(=O)N(CC)C(C)CN(C)C. The summed E-state index contributed by atoms with van der Waals surface area (Å²) < 4.78 is 0. The summed E-state index contributed by atoms with van der Waals surface area (Å²) in [6.07, 6.45) is 1.31. The third-order valence-electron chi connectivity index (χ3n) is 2.78. The molecule has 2 atom stereocenters. The smallest absolute Gasteiger partial charge is 0.224 e. The van der Waals surface area contributed by atoms with Crippen LogP contribution in [0.4, 0.5) is 0 Å². The molecular formula is C12H27N3O. The molecule has 0 aromatic rings. The van der Waals surface area contributed by atoms with Crippen LogP contribution in [0.2, 0.25) is 0 Å². The Morgan fingerprint density at radius 2 is 1.88 bits per heavy atom. The Morgan fingerprint density at radius 1 is 1.31 bits per heavy atom. The van der Waals surface area contributed by atoms with Crippen molar-refractivity contribution in [3.05, 3.63) is 0 Å². The average molecular weight is 229 g/mol. The van der Waals surface area contributed by atoms with E-state index in [2.05, 4.69) is 11.8 Å². The van der Waals surface area contributed by atoms with Gasteiger partial charge in [0.2, 0.25) is 5.91 Å². The third-order valence-corrected chi connectivity index (χ3v) is 2.78. The van der Waals surface area contributed by atoms with Gasteiger partial charge in [-0.2, -0.15) is 0 Å². The van der Waals surface area contributed by atoms with Crippen LogP contribution in [-0.2, 0) is 4.79 Å². The van der Waals surface area contributed by atoms with Crippen LogP contribution in [0.5, 0.6) is 0 Å². The number of nitrogens with two attached hydrogens (primary N) is 1. The highest BCUT2D eigenvalue weighted by Gasteiger charge is 2.20. The van der Waals surface area contributed by atoms with Gasteiger partial charge in [0.15, 0.2) is 0 Å². The Balaban J connectivity index is 4.30. The molecule has 2 N–H and O–H groups in total. The first kappa shape index (κ1) is 15.4. The van der Waals surface area contributed by atoms with Crippen molar-refractivity contribution in [2.45, 2.75) is 45.7 Å². The second-order valence-electron chi connectivity index (χ2n) is 4.66. The van der Waals surface area contributed by atoms with E-state index in [9.17, 15) is 4.79 Å². The van der Waals surface area contributed by atoms with Gasteiger partial charge in [0.05, 0.1) is 0 Å². The van der Waals surface area contributed by atoms with Crippen LogP contribution in [0.3, 0.4) is 0 Å². The maximum Gasteiger partial charge on any atom is 0.224 e. The van der Waals surface area contributed by atoms with Gasteiger partial charge in [-0.25, -0.2) is 0 Å². The third kappa shape index (κ3) is 5.47. The molecule has 96 valence electrons. The lowest BCUT2D eigenvalue weighted by Crippen LogP contribution is -2.45. The highest BCUT2D eigenvalue weighted by molar-refractivity contribution is 5.77. The lowest BCUT2D eigenvalue weighted by molar-refractivity contribution is -0.133. The molecule has 0 saturated heterocycles. The quantitative estimate of drug-likeness (QED) is 0.706. The van der Waals surface area contributed by atoms with E-state index >= 15 is 0 Å². The van der Waals surface area contributed by atoms with Crippen molar-refractivity contribution in [2.24, 2.45) is 5.73 Å². The van der Waals surface area contributed by atoms with Crippen LogP contribution in [0.15, 0.2) is 0 Å². The molecule has 0 bridgehead atoms. The number of rotatable bonds is 7. The number of amides is 1. The van der Waals surface area contributed by atoms with Crippen molar-refractivity contribution in [1.82, 2.24) is 9.80 Å². The molecule has 0 saturated carbocycles. The molecule has 0 radical (unpaired) electrons. The van der Waals surface area contributed by atoms with Crippen LogP contribution in [0.25, 0.3) is 0 Å². The molecule has 0 heterocycles. The van der Waals surface area contributed by atoms with Crippen molar-refractivity contribution in [3.63, 3.8) is 0 Å². The van der Waals surface area contributed by atoms with Gasteiger partial charge in [-0.3, -0.25) is 4.79 Å². The fourth-order valence-corrected chi connectivity index (χ4v) is 1.85. The number of carbonyl (C=O) groups is 1. The molecule has 0 aliphatic heterocycles. The summed E-state index contributed by atoms with van der Waals surface area (Å²) in [4.78, 5) is 16.0. The molecule has 1 amide bonds. The van der Waals surface area contributed by atoms with Gasteiger partial charge in [0, 0.05) is 31.6 Å². The van der Waals surface area contributed by atoms with Crippen LogP contribution < -0.4 is 5.73 Å². The molecule has 2 unspecified atom stereocenters. The normalized spacial score (nSPS) is 14.9. The molecule has 0 rings (SSSR count). The highest BCUT2D eigenvalue weighted by atomic mass is 16.2. The van der Waals surface area contributed by atoms with E-state index < -0.39 is 0 Å². The zero-order chi connectivity index (χ0) is 12.7. The lowest BCUT2D eigenvalue weighted by atomic mass is 10.1. The number of hydrogen-bond donors (Lipinski definition) is 1. The zero-order valence-corrected chi connectivity index (χ0v) is 11.4. The first-order chi connectivity index (χ1) is 7.42. The minimum Gasteiger partial charge on any atom is -0.339 e. The molecular weight excluding hydrogens is 202 g/mol. The minimum absolute atomic E-state index is 0.00638. The summed E-state index contributed by atoms with van der Waals surface area (Å²) in [5.74, 6) is 0.172. The number of likely N-dealkylation sites (N-methyl/N-ethyl adjacent to an activating group) is 2. The van der Waals surface area contributed by atoms with Gasteiger partial charge in [-0.15, -0.1) is 0 Å². The van der Waals surface area contributed by atoms with E-state index in [1.54, 1.807) is 0 Å². The molecule has 0 aromatic heterocycles. The fraction of sp³-hybridized carbons (Fsp3) is 0.917. The zero-order valence-electron chi connectivity index (χ0n) is 11.4. The Morgan fingerprint density at radius 3 is 2.25 bits per heavy atom. The van der Waals surface area contributed by atoms with Crippen molar-refractivity contribution in [2.75, 3.05) is 27.2 Å². The summed E-state index contributed by atoms with van der Waals surface area (Å²) in [6.45, 7) is 7.75. The Hall–Kier alpha value is -0.610. The van der Waals surface area contributed by atoms with Gasteiger partial charge in [-0.05, 0) is 34.4 Å². The monoisotopic (exact) mass is 229 g/mol. The Labute approximate surface area is 99.8 Å². The molecule has 4 heteroatoms. The highest BCUT2D eigenvalue weighted by Crippen LogP contribution is 2.05. The summed E-state index contributed by atoms with van der Waals surface area (Å²) in [6, 6.07) is 0.240. The Kier molecular flexibility index (Phi) is 7.34. The summed E-state index contributed by atoms with van der Waals surface area (Å²) in [5, 5.41) is 0. The van der Waals surface area contributed by atoms with E-state index in [1.165, 1.54) is 0 Å². The van der Waals surface area contributed by atoms with Crippen LogP contribution in [0.1, 0.15) is 33.6 Å². The van der Waals surface area contributed by atoms with Gasteiger partial charge in [0.1, 0.15) is 0 Å². The molecule has 0 spiro atoms. The van der Waals surface area contributed by atoms with Gasteiger partial charge in [-0.1, -0.05) is 6.92 Å². The van der Waals surface area contributed by atoms with Gasteiger partial charge >= 0.3 is 0 Å². The van der Waals surface area contributed by atoms with Gasteiger partial charge in [0.25, 0.3) is 0 Å². The summed E-state index contributed by atoms with van der Waals surface area (Å²) in [7, 11) is 4.04. The standard InChI is InChI=1S/C12H27N3O/c1-6-11(13)8-12(16)15(7-2)10(3)9-14(4)5/h10-11H,6-9,13H2,1-5H3. The van der Waals surface area contributed by atoms with Crippen LogP contribution in [-0.4, -0.2) is 55.0 Å². The lowest BCUT2D eigenvalue weighted by Gasteiger charge is -2.30. The maximum absolute atomic E-state index is 12.0. The number of hydrogen-bond acceptors (Lipinski definition) is 3. The van der Waals surface area contributed by atoms with E-state index in [-0.39, 0.29) is 18.0 Å². The first-order valence-electron chi connectivity index (χ1n) is 6.12. The first-order valence-corrected chi connectivity index (χ1v) is 6.12. The maximum atomic E-state index is 12.0. The molecule has 16 heavy (non-hydrogen) atoms. The topological polar surface area (TPSA) is 49.6 Å². The Bertz CT molecular complexity index is 206. The van der Waals surface area contributed by atoms with Crippen LogP contribution >= 0.6 is 0 Å². The largest absolute Gasteiger partial charge is 0.339 e. The summed E-state index contributed by atoms with van der Waals surface area (Å²) in [5.41, 5.74) is 5.81. The minimum atomic E-state index is -0.00638. The van der Waals surface area contributed by atoms with E-state index in [0.717, 1.165) is 19.5 Å². The average Bonchev–Trinajstić information content (AvgIpc) is 2.17. The van der Waals surface area contributed by atoms with Crippen molar-refractivity contribution in [3.8, 4) is 0 Å². The molecule has 4 nitrogen and oxygen atoms in total. The molecule has 0 fully saturated rings. The fourth-order valence-electron chi connectivity index (χ4n) is 1.85. The number of carbonyl (C=O) groups excluding carboxylic acids is 1. The predicted molar refractivity (Wildman–Crippen MR) is 68.3 cm³/mol. The van der Waals surface area contributed by atoms with E-state index in [0.29, 0.717) is 6.42 Å². The summed E-state index contributed by atoms with van der Waals surface area (Å²) >= 11 is 0. The molecule has 0 aliphatic rings. The van der Waals surface area contributed by atoms with E-state index in [1.807, 2.05) is 32.8 Å². The van der Waals surface area contributed by atoms with Crippen molar-refractivity contribution in [1.29, 1.82) is 0 Å². The predicted octanol–water partition coefficient (Wildman–Crippen LogP) is 0.912. The van der Waals surface area contributed by atoms with Crippen molar-refractivity contribution >= 4 is 5.91 Å². The van der Waals surface area contributed by atoms with E-state index in [4.69, 9.17) is 5.73 Å². The molecule has 0 aromatic carbocycles.